The number of hydrogen-bond donors (Lipinski definition) is 2. The van der Waals surface area contributed by atoms with Crippen LogP contribution in [0.5, 0.6) is 5.75 Å². The number of methoxy groups -OCH3 is 1. The lowest BCUT2D eigenvalue weighted by molar-refractivity contribution is 0.102. The molecule has 0 atom stereocenters. The molecule has 1 heterocycles. The fourth-order valence-corrected chi connectivity index (χ4v) is 1.69. The minimum Gasteiger partial charge on any atom is -0.494 e. The molecule has 1 aromatic heterocycles. The number of nitrogens with zero attached hydrogens (tertiary/aromatic N) is 1. The van der Waals surface area contributed by atoms with Crippen LogP contribution in [0.1, 0.15) is 15.9 Å². The Bertz CT molecular complexity index is 611. The average Bonchev–Trinajstić information content (AvgIpc) is 2.42. The molecule has 2 rings (SSSR count). The minimum absolute atomic E-state index is 0.257. The highest BCUT2D eigenvalue weighted by Crippen LogP contribution is 2.21. The molecule has 19 heavy (non-hydrogen) atoms. The first-order chi connectivity index (χ1) is 9.11. The number of ether oxygens (including phenoxy) is 1. The van der Waals surface area contributed by atoms with Gasteiger partial charge in [0, 0.05) is 17.6 Å². The number of hydrogen-bond acceptors (Lipinski definition) is 4. The van der Waals surface area contributed by atoms with Gasteiger partial charge in [-0.3, -0.25) is 9.78 Å². The van der Waals surface area contributed by atoms with Crippen LogP contribution >= 0.6 is 0 Å². The summed E-state index contributed by atoms with van der Waals surface area (Å²) in [4.78, 5) is 16.1. The number of nitrogen functional groups attached to an aromatic ring is 1. The minimum atomic E-state index is -0.257. The smallest absolute Gasteiger partial charge is 0.259 e. The van der Waals surface area contributed by atoms with Crippen molar-refractivity contribution >= 4 is 17.3 Å². The van der Waals surface area contributed by atoms with Crippen LogP contribution in [0.3, 0.4) is 0 Å². The third kappa shape index (κ3) is 2.82. The largest absolute Gasteiger partial charge is 0.494 e. The van der Waals surface area contributed by atoms with Crippen LogP contribution in [0.2, 0.25) is 0 Å². The number of rotatable bonds is 3. The first-order valence-electron chi connectivity index (χ1n) is 5.77. The van der Waals surface area contributed by atoms with Gasteiger partial charge < -0.3 is 15.8 Å². The van der Waals surface area contributed by atoms with Crippen molar-refractivity contribution in [2.45, 2.75) is 6.92 Å². The Morgan fingerprint density at radius 2 is 2.16 bits per heavy atom. The molecule has 0 aliphatic rings. The second kappa shape index (κ2) is 5.39. The van der Waals surface area contributed by atoms with Crippen LogP contribution in [-0.2, 0) is 0 Å². The first-order valence-corrected chi connectivity index (χ1v) is 5.77. The van der Waals surface area contributed by atoms with Crippen LogP contribution in [0, 0.1) is 6.92 Å². The summed E-state index contributed by atoms with van der Waals surface area (Å²) in [6, 6.07) is 6.98. The Labute approximate surface area is 111 Å². The number of benzene rings is 1. The van der Waals surface area contributed by atoms with Crippen molar-refractivity contribution in [3.63, 3.8) is 0 Å². The van der Waals surface area contributed by atoms with Crippen molar-refractivity contribution in [2.75, 3.05) is 18.2 Å². The molecular formula is C14H15N3O2. The van der Waals surface area contributed by atoms with Gasteiger partial charge in [-0.25, -0.2) is 0 Å². The molecule has 0 saturated carbocycles. The number of aromatic nitrogens is 1. The fraction of sp³-hybridized carbons (Fsp3) is 0.143. The summed E-state index contributed by atoms with van der Waals surface area (Å²) in [6.45, 7) is 1.90. The van der Waals surface area contributed by atoms with Crippen molar-refractivity contribution in [3.05, 3.63) is 47.8 Å². The highest BCUT2D eigenvalue weighted by atomic mass is 16.5. The molecule has 0 bridgehead atoms. The molecule has 1 amide bonds. The molecule has 5 heteroatoms. The predicted octanol–water partition coefficient (Wildman–Crippen LogP) is 2.23. The van der Waals surface area contributed by atoms with E-state index in [2.05, 4.69) is 10.3 Å². The van der Waals surface area contributed by atoms with Gasteiger partial charge in [-0.15, -0.1) is 0 Å². The summed E-state index contributed by atoms with van der Waals surface area (Å²) >= 11 is 0. The number of anilines is 2. The van der Waals surface area contributed by atoms with Crippen LogP contribution < -0.4 is 15.8 Å². The van der Waals surface area contributed by atoms with Gasteiger partial charge in [0.1, 0.15) is 5.75 Å². The summed E-state index contributed by atoms with van der Waals surface area (Å²) in [5.74, 6) is 0.175. The molecular weight excluding hydrogens is 242 g/mol. The Balaban J connectivity index is 2.28. The number of amides is 1. The van der Waals surface area contributed by atoms with Crippen molar-refractivity contribution in [3.8, 4) is 5.75 Å². The molecule has 0 radical (unpaired) electrons. The Morgan fingerprint density at radius 1 is 1.37 bits per heavy atom. The van der Waals surface area contributed by atoms with E-state index in [-0.39, 0.29) is 5.91 Å². The van der Waals surface area contributed by atoms with Crippen molar-refractivity contribution in [1.29, 1.82) is 0 Å². The number of nitrogens with one attached hydrogen (secondary N) is 1. The standard InChI is InChI=1S/C14H15N3O2/c1-9-3-4-10(15)7-12(9)17-14(18)11-5-6-16-8-13(11)19-2/h3-8H,15H2,1-2H3,(H,17,18). The highest BCUT2D eigenvalue weighted by molar-refractivity contribution is 6.06. The molecule has 0 saturated heterocycles. The summed E-state index contributed by atoms with van der Waals surface area (Å²) in [5.41, 5.74) is 8.37. The lowest BCUT2D eigenvalue weighted by Crippen LogP contribution is -2.14. The maximum absolute atomic E-state index is 12.2. The molecule has 98 valence electrons. The average molecular weight is 257 g/mol. The zero-order valence-electron chi connectivity index (χ0n) is 10.8. The number of pyridine rings is 1. The summed E-state index contributed by atoms with van der Waals surface area (Å²) < 4.78 is 5.11. The molecule has 0 fully saturated rings. The maximum Gasteiger partial charge on any atom is 0.259 e. The lowest BCUT2D eigenvalue weighted by Gasteiger charge is -2.11. The van der Waals surface area contributed by atoms with Crippen molar-refractivity contribution < 1.29 is 9.53 Å². The number of carbonyl (C=O) groups is 1. The molecule has 0 unspecified atom stereocenters. The van der Waals surface area contributed by atoms with Gasteiger partial charge in [0.05, 0.1) is 18.9 Å². The third-order valence-corrected chi connectivity index (χ3v) is 2.76. The molecule has 1 aromatic carbocycles. The summed E-state index contributed by atoms with van der Waals surface area (Å²) in [6.07, 6.45) is 3.05. The number of carbonyl (C=O) groups excluding carboxylic acids is 1. The van der Waals surface area contributed by atoms with E-state index in [0.717, 1.165) is 5.56 Å². The third-order valence-electron chi connectivity index (χ3n) is 2.76. The van der Waals surface area contributed by atoms with E-state index >= 15 is 0 Å². The number of aryl methyl sites for hydroxylation is 1. The van der Waals surface area contributed by atoms with Gasteiger partial charge in [-0.1, -0.05) is 6.07 Å². The normalized spacial score (nSPS) is 10.0. The molecule has 3 N–H and O–H groups in total. The van der Waals surface area contributed by atoms with Gasteiger partial charge >= 0.3 is 0 Å². The summed E-state index contributed by atoms with van der Waals surface area (Å²) in [5, 5.41) is 2.82. The summed E-state index contributed by atoms with van der Waals surface area (Å²) in [7, 11) is 1.50. The second-order valence-electron chi connectivity index (χ2n) is 4.10. The van der Waals surface area contributed by atoms with Gasteiger partial charge in [0.2, 0.25) is 0 Å². The quantitative estimate of drug-likeness (QED) is 0.827. The molecule has 0 aliphatic carbocycles. The molecule has 5 nitrogen and oxygen atoms in total. The van der Waals surface area contributed by atoms with E-state index in [1.165, 1.54) is 13.3 Å². The zero-order valence-corrected chi connectivity index (χ0v) is 10.8. The van der Waals surface area contributed by atoms with Crippen LogP contribution in [0.15, 0.2) is 36.7 Å². The van der Waals surface area contributed by atoms with Crippen molar-refractivity contribution in [1.82, 2.24) is 4.98 Å². The Kier molecular flexibility index (Phi) is 3.66. The lowest BCUT2D eigenvalue weighted by atomic mass is 10.1. The Morgan fingerprint density at radius 3 is 2.89 bits per heavy atom. The van der Waals surface area contributed by atoms with Gasteiger partial charge in [-0.05, 0) is 30.7 Å². The topological polar surface area (TPSA) is 77.2 Å². The molecule has 0 spiro atoms. The van der Waals surface area contributed by atoms with E-state index in [9.17, 15) is 4.79 Å². The second-order valence-corrected chi connectivity index (χ2v) is 4.10. The number of nitrogens with two attached hydrogens (primary N) is 1. The predicted molar refractivity (Wildman–Crippen MR) is 74.3 cm³/mol. The van der Waals surface area contributed by atoms with Crippen LogP contribution in [-0.4, -0.2) is 18.0 Å². The van der Waals surface area contributed by atoms with Crippen molar-refractivity contribution in [2.24, 2.45) is 0 Å². The monoisotopic (exact) mass is 257 g/mol. The van der Waals surface area contributed by atoms with Crippen LogP contribution in [0.4, 0.5) is 11.4 Å². The maximum atomic E-state index is 12.2. The zero-order chi connectivity index (χ0) is 13.8. The van der Waals surface area contributed by atoms with E-state index in [4.69, 9.17) is 10.5 Å². The van der Waals surface area contributed by atoms with E-state index in [1.807, 2.05) is 13.0 Å². The first kappa shape index (κ1) is 12.9. The van der Waals surface area contributed by atoms with Crippen LogP contribution in [0.25, 0.3) is 0 Å². The van der Waals surface area contributed by atoms with E-state index in [0.29, 0.717) is 22.7 Å². The van der Waals surface area contributed by atoms with Gasteiger partial charge in [0.25, 0.3) is 5.91 Å². The van der Waals surface area contributed by atoms with Gasteiger partial charge in [-0.2, -0.15) is 0 Å². The molecule has 2 aromatic rings. The fourth-order valence-electron chi connectivity index (χ4n) is 1.69. The van der Waals surface area contributed by atoms with Gasteiger partial charge in [0.15, 0.2) is 0 Å². The SMILES string of the molecule is COc1cnccc1C(=O)Nc1cc(N)ccc1C. The van der Waals surface area contributed by atoms with E-state index in [1.54, 1.807) is 24.4 Å². The van der Waals surface area contributed by atoms with E-state index < -0.39 is 0 Å². The highest BCUT2D eigenvalue weighted by Gasteiger charge is 2.13. The Hall–Kier alpha value is -2.56. The molecule has 0 aliphatic heterocycles.